The molecule has 1 unspecified atom stereocenters. The monoisotopic (exact) mass is 660 g/mol. The molecule has 0 spiro atoms. The Morgan fingerprint density at radius 2 is 1.38 bits per heavy atom. The number of hydrogen-bond donors (Lipinski definition) is 1. The molecule has 0 fully saturated rings. The molecular weight excluding hydrogens is 620 g/mol. The van der Waals surface area contributed by atoms with E-state index in [0.717, 1.165) is 22.5 Å². The number of amides is 2. The van der Waals surface area contributed by atoms with Gasteiger partial charge in [0.05, 0.1) is 47.0 Å². The summed E-state index contributed by atoms with van der Waals surface area (Å²) in [7, 11) is 7.53. The number of nitrogens with zero attached hydrogens (tertiary/aromatic N) is 3. The van der Waals surface area contributed by atoms with Crippen LogP contribution in [-0.2, 0) is 16.1 Å². The van der Waals surface area contributed by atoms with Crippen LogP contribution in [-0.4, -0.2) is 68.0 Å². The zero-order chi connectivity index (χ0) is 34.1. The van der Waals surface area contributed by atoms with Crippen molar-refractivity contribution in [2.75, 3.05) is 46.6 Å². The van der Waals surface area contributed by atoms with Gasteiger partial charge in [-0.2, -0.15) is 0 Å². The molecule has 1 N–H and O–H groups in total. The molecule has 2 amide bonds. The largest absolute Gasteiger partial charge is 0.497 e. The predicted molar refractivity (Wildman–Crippen MR) is 181 cm³/mol. The molecule has 0 bridgehead atoms. The molecule has 4 rings (SSSR count). The van der Waals surface area contributed by atoms with E-state index in [0.29, 0.717) is 45.2 Å². The SMILES string of the molecule is COc1ccc(NC(=O)C(c2cc(OC)c(OC)c(OC)c2)N(Cc2ccc(C)cc2)C(=O)CSc2nc(C)cc(C)n2)c(OC)c1. The summed E-state index contributed by atoms with van der Waals surface area (Å²) in [4.78, 5) is 39.3. The van der Waals surface area contributed by atoms with Gasteiger partial charge in [0.25, 0.3) is 5.91 Å². The first-order valence-corrected chi connectivity index (χ1v) is 15.7. The van der Waals surface area contributed by atoms with Gasteiger partial charge in [0, 0.05) is 24.0 Å². The molecule has 47 heavy (non-hydrogen) atoms. The number of rotatable bonds is 14. The van der Waals surface area contributed by atoms with E-state index in [9.17, 15) is 9.59 Å². The molecule has 0 aliphatic heterocycles. The molecular formula is C35H40N4O7S. The van der Waals surface area contributed by atoms with E-state index in [1.165, 1.54) is 45.1 Å². The van der Waals surface area contributed by atoms with Crippen molar-refractivity contribution < 1.29 is 33.3 Å². The van der Waals surface area contributed by atoms with Gasteiger partial charge < -0.3 is 33.9 Å². The number of carbonyl (C=O) groups excluding carboxylic acids is 2. The highest BCUT2D eigenvalue weighted by molar-refractivity contribution is 7.99. The van der Waals surface area contributed by atoms with Crippen molar-refractivity contribution in [3.63, 3.8) is 0 Å². The average Bonchev–Trinajstić information content (AvgIpc) is 3.06. The van der Waals surface area contributed by atoms with E-state index < -0.39 is 11.9 Å². The lowest BCUT2D eigenvalue weighted by Gasteiger charge is -2.32. The summed E-state index contributed by atoms with van der Waals surface area (Å²) < 4.78 is 27.7. The molecule has 0 aliphatic rings. The maximum Gasteiger partial charge on any atom is 0.251 e. The molecule has 0 saturated carbocycles. The maximum atomic E-state index is 14.5. The van der Waals surface area contributed by atoms with Gasteiger partial charge in [-0.25, -0.2) is 9.97 Å². The van der Waals surface area contributed by atoms with Crippen molar-refractivity contribution in [2.24, 2.45) is 0 Å². The summed E-state index contributed by atoms with van der Waals surface area (Å²) >= 11 is 1.21. The van der Waals surface area contributed by atoms with Crippen LogP contribution in [0.25, 0.3) is 0 Å². The van der Waals surface area contributed by atoms with Crippen LogP contribution in [0.15, 0.2) is 65.8 Å². The Labute approximate surface area is 279 Å². The van der Waals surface area contributed by atoms with Crippen molar-refractivity contribution in [2.45, 2.75) is 38.5 Å². The first-order chi connectivity index (χ1) is 22.6. The topological polar surface area (TPSA) is 121 Å². The molecule has 11 nitrogen and oxygen atoms in total. The third-order valence-corrected chi connectivity index (χ3v) is 8.14. The van der Waals surface area contributed by atoms with E-state index in [2.05, 4.69) is 15.3 Å². The third kappa shape index (κ3) is 8.64. The van der Waals surface area contributed by atoms with Gasteiger partial charge in [-0.3, -0.25) is 9.59 Å². The second-order valence-corrected chi connectivity index (χ2v) is 11.6. The molecule has 1 heterocycles. The summed E-state index contributed by atoms with van der Waals surface area (Å²) in [6, 6.07) is 16.9. The van der Waals surface area contributed by atoms with E-state index >= 15 is 0 Å². The minimum atomic E-state index is -1.15. The number of ether oxygens (including phenoxy) is 5. The number of benzene rings is 3. The normalized spacial score (nSPS) is 11.3. The van der Waals surface area contributed by atoms with Crippen LogP contribution in [0.4, 0.5) is 5.69 Å². The standard InChI is InChI=1S/C35H40N4O7S/c1-21-9-11-24(12-10-21)19-39(31(40)20-47-35-36-22(2)15-23(3)37-35)32(25-16-29(44-6)33(46-8)30(17-25)45-7)34(41)38-27-14-13-26(42-4)18-28(27)43-5/h9-18,32H,19-20H2,1-8H3,(H,38,41). The number of methoxy groups -OCH3 is 5. The fraction of sp³-hybridized carbons (Fsp3) is 0.314. The van der Waals surface area contributed by atoms with Crippen molar-refractivity contribution in [3.8, 4) is 28.7 Å². The zero-order valence-electron chi connectivity index (χ0n) is 27.9. The van der Waals surface area contributed by atoms with Crippen LogP contribution in [0.2, 0.25) is 0 Å². The Morgan fingerprint density at radius 1 is 0.766 bits per heavy atom. The lowest BCUT2D eigenvalue weighted by molar-refractivity contribution is -0.137. The second kappa shape index (κ2) is 16.0. The molecule has 3 aromatic carbocycles. The van der Waals surface area contributed by atoms with E-state index in [1.54, 1.807) is 37.4 Å². The van der Waals surface area contributed by atoms with Gasteiger partial charge in [0.1, 0.15) is 17.5 Å². The van der Waals surface area contributed by atoms with Gasteiger partial charge >= 0.3 is 0 Å². The molecule has 12 heteroatoms. The van der Waals surface area contributed by atoms with Gasteiger partial charge in [-0.1, -0.05) is 41.6 Å². The number of carbonyl (C=O) groups is 2. The summed E-state index contributed by atoms with van der Waals surface area (Å²) in [6.07, 6.45) is 0. The lowest BCUT2D eigenvalue weighted by Crippen LogP contribution is -2.42. The Morgan fingerprint density at radius 3 is 1.94 bits per heavy atom. The maximum absolute atomic E-state index is 14.5. The molecule has 0 radical (unpaired) electrons. The van der Waals surface area contributed by atoms with Crippen molar-refractivity contribution in [1.82, 2.24) is 14.9 Å². The highest BCUT2D eigenvalue weighted by atomic mass is 32.2. The fourth-order valence-electron chi connectivity index (χ4n) is 5.02. The van der Waals surface area contributed by atoms with Gasteiger partial charge in [-0.15, -0.1) is 0 Å². The molecule has 248 valence electrons. The first-order valence-electron chi connectivity index (χ1n) is 14.7. The van der Waals surface area contributed by atoms with Crippen LogP contribution in [0.1, 0.15) is 34.1 Å². The molecule has 1 aromatic heterocycles. The van der Waals surface area contributed by atoms with Crippen LogP contribution < -0.4 is 29.0 Å². The van der Waals surface area contributed by atoms with Crippen molar-refractivity contribution in [3.05, 3.63) is 88.7 Å². The summed E-state index contributed by atoms with van der Waals surface area (Å²) in [5.74, 6) is 1.15. The smallest absolute Gasteiger partial charge is 0.251 e. The van der Waals surface area contributed by atoms with Gasteiger partial charge in [0.2, 0.25) is 11.7 Å². The van der Waals surface area contributed by atoms with E-state index in [1.807, 2.05) is 51.1 Å². The van der Waals surface area contributed by atoms with Crippen LogP contribution in [0.3, 0.4) is 0 Å². The molecule has 0 saturated heterocycles. The van der Waals surface area contributed by atoms with Crippen LogP contribution >= 0.6 is 11.8 Å². The Balaban J connectivity index is 1.85. The number of aromatic nitrogens is 2. The zero-order valence-corrected chi connectivity index (χ0v) is 28.7. The number of thioether (sulfide) groups is 1. The summed E-state index contributed by atoms with van der Waals surface area (Å²) in [6.45, 7) is 5.87. The number of aryl methyl sites for hydroxylation is 3. The average molecular weight is 661 g/mol. The Hall–Kier alpha value is -4.97. The van der Waals surface area contributed by atoms with Gasteiger partial charge in [-0.05, 0) is 62.2 Å². The Bertz CT molecular complexity index is 1670. The second-order valence-electron chi connectivity index (χ2n) is 10.6. The Kier molecular flexibility index (Phi) is 11.9. The summed E-state index contributed by atoms with van der Waals surface area (Å²) in [5.41, 5.74) is 4.34. The van der Waals surface area contributed by atoms with Crippen LogP contribution in [0.5, 0.6) is 28.7 Å². The minimum absolute atomic E-state index is 0.0190. The molecule has 1 atom stereocenters. The molecule has 4 aromatic rings. The first kappa shape index (κ1) is 34.9. The fourth-order valence-corrected chi connectivity index (χ4v) is 5.85. The summed E-state index contributed by atoms with van der Waals surface area (Å²) in [5, 5.41) is 3.45. The van der Waals surface area contributed by atoms with Gasteiger partial charge in [0.15, 0.2) is 16.7 Å². The number of anilines is 1. The van der Waals surface area contributed by atoms with Crippen molar-refractivity contribution >= 4 is 29.3 Å². The highest BCUT2D eigenvalue weighted by Gasteiger charge is 2.34. The number of nitrogens with one attached hydrogen (secondary N) is 1. The number of hydrogen-bond acceptors (Lipinski definition) is 10. The molecule has 0 aliphatic carbocycles. The lowest BCUT2D eigenvalue weighted by atomic mass is 10.0. The minimum Gasteiger partial charge on any atom is -0.497 e. The quantitative estimate of drug-likeness (QED) is 0.128. The van der Waals surface area contributed by atoms with E-state index in [-0.39, 0.29) is 18.2 Å². The highest BCUT2D eigenvalue weighted by Crippen LogP contribution is 2.42. The third-order valence-electron chi connectivity index (χ3n) is 7.31. The van der Waals surface area contributed by atoms with E-state index in [4.69, 9.17) is 23.7 Å². The predicted octanol–water partition coefficient (Wildman–Crippen LogP) is 5.95. The van der Waals surface area contributed by atoms with Crippen LogP contribution in [0, 0.1) is 20.8 Å². The van der Waals surface area contributed by atoms with Crippen molar-refractivity contribution in [1.29, 1.82) is 0 Å².